The molecule has 0 saturated heterocycles. The lowest BCUT2D eigenvalue weighted by Gasteiger charge is -2.23. The van der Waals surface area contributed by atoms with E-state index in [1.165, 1.54) is 6.20 Å². The van der Waals surface area contributed by atoms with E-state index in [2.05, 4.69) is 16.2 Å². The summed E-state index contributed by atoms with van der Waals surface area (Å²) in [7, 11) is 0. The number of terminal acetylenes is 1. The van der Waals surface area contributed by atoms with E-state index in [-0.39, 0.29) is 5.56 Å². The highest BCUT2D eigenvalue weighted by atomic mass is 16.4. The van der Waals surface area contributed by atoms with E-state index in [4.69, 9.17) is 6.42 Å². The van der Waals surface area contributed by atoms with Crippen LogP contribution in [0.2, 0.25) is 0 Å². The Morgan fingerprint density at radius 1 is 1.42 bits per heavy atom. The Morgan fingerprint density at radius 2 is 2.11 bits per heavy atom. The van der Waals surface area contributed by atoms with Gasteiger partial charge in [-0.3, -0.25) is 4.98 Å². The van der Waals surface area contributed by atoms with E-state index >= 15 is 0 Å². The van der Waals surface area contributed by atoms with Gasteiger partial charge in [-0.05, 0) is 19.9 Å². The first-order valence-electron chi connectivity index (χ1n) is 5.81. The molecule has 4 nitrogen and oxygen atoms in total. The normalized spacial score (nSPS) is 11.0. The third kappa shape index (κ3) is 2.50. The zero-order valence-corrected chi connectivity index (χ0v) is 10.8. The maximum absolute atomic E-state index is 11.3. The number of aromatic carboxylic acids is 1. The van der Waals surface area contributed by atoms with Gasteiger partial charge in [0.1, 0.15) is 5.56 Å². The number of carboxylic acid groups (broad SMARTS) is 1. The molecule has 0 unspecified atom stereocenters. The van der Waals surface area contributed by atoms with Gasteiger partial charge < -0.3 is 10.4 Å². The van der Waals surface area contributed by atoms with Crippen LogP contribution >= 0.6 is 0 Å². The Morgan fingerprint density at radius 3 is 2.74 bits per heavy atom. The van der Waals surface area contributed by atoms with Crippen molar-refractivity contribution >= 4 is 22.6 Å². The molecule has 0 aliphatic heterocycles. The number of pyridine rings is 1. The fourth-order valence-electron chi connectivity index (χ4n) is 1.79. The van der Waals surface area contributed by atoms with E-state index in [1.807, 2.05) is 38.1 Å². The molecular formula is C15H14N2O2. The topological polar surface area (TPSA) is 62.2 Å². The number of hydrogen-bond acceptors (Lipinski definition) is 3. The number of carbonyl (C=O) groups is 1. The highest BCUT2D eigenvalue weighted by Crippen LogP contribution is 2.28. The van der Waals surface area contributed by atoms with Crippen LogP contribution in [0.15, 0.2) is 30.5 Å². The van der Waals surface area contributed by atoms with Crippen molar-refractivity contribution in [2.45, 2.75) is 19.4 Å². The monoisotopic (exact) mass is 254 g/mol. The van der Waals surface area contributed by atoms with Gasteiger partial charge in [0, 0.05) is 11.6 Å². The second kappa shape index (κ2) is 4.62. The number of nitrogens with zero attached hydrogens (tertiary/aromatic N) is 1. The van der Waals surface area contributed by atoms with Gasteiger partial charge in [-0.25, -0.2) is 4.79 Å². The van der Waals surface area contributed by atoms with Crippen molar-refractivity contribution < 1.29 is 9.90 Å². The van der Waals surface area contributed by atoms with Crippen LogP contribution in [0.4, 0.5) is 5.69 Å². The molecule has 0 amide bonds. The van der Waals surface area contributed by atoms with Crippen LogP contribution in [0.5, 0.6) is 0 Å². The van der Waals surface area contributed by atoms with Crippen molar-refractivity contribution in [3.05, 3.63) is 36.0 Å². The second-order valence-corrected chi connectivity index (χ2v) is 4.76. The van der Waals surface area contributed by atoms with Gasteiger partial charge in [0.25, 0.3) is 0 Å². The first-order chi connectivity index (χ1) is 8.94. The number of benzene rings is 1. The Labute approximate surface area is 111 Å². The molecule has 4 heteroatoms. The molecule has 0 fully saturated rings. The van der Waals surface area contributed by atoms with Crippen molar-refractivity contribution in [3.63, 3.8) is 0 Å². The van der Waals surface area contributed by atoms with Crippen molar-refractivity contribution in [2.24, 2.45) is 0 Å². The number of carboxylic acids is 1. The van der Waals surface area contributed by atoms with Crippen molar-refractivity contribution in [1.82, 2.24) is 4.98 Å². The molecule has 0 atom stereocenters. The molecule has 1 aromatic heterocycles. The summed E-state index contributed by atoms with van der Waals surface area (Å²) in [6, 6.07) is 7.34. The summed E-state index contributed by atoms with van der Waals surface area (Å²) < 4.78 is 0. The number of aromatic nitrogens is 1. The zero-order chi connectivity index (χ0) is 14.0. The minimum atomic E-state index is -1.03. The van der Waals surface area contributed by atoms with Crippen LogP contribution in [0.3, 0.4) is 0 Å². The molecule has 0 radical (unpaired) electrons. The number of hydrogen-bond donors (Lipinski definition) is 2. The predicted octanol–water partition coefficient (Wildman–Crippen LogP) is 2.76. The summed E-state index contributed by atoms with van der Waals surface area (Å²) >= 11 is 0. The maximum atomic E-state index is 11.3. The Kier molecular flexibility index (Phi) is 3.14. The van der Waals surface area contributed by atoms with Gasteiger partial charge in [-0.1, -0.05) is 24.1 Å². The summed E-state index contributed by atoms with van der Waals surface area (Å²) in [6.07, 6.45) is 6.80. The lowest BCUT2D eigenvalue weighted by molar-refractivity contribution is 0.0697. The minimum Gasteiger partial charge on any atom is -0.478 e. The standard InChI is InChI=1S/C15H14N2O2/c1-4-15(2,3)17-13-10-7-5-6-8-12(10)16-9-11(13)14(18)19/h1,5-9H,2-3H3,(H,16,17)(H,18,19). The van der Waals surface area contributed by atoms with Crippen LogP contribution in [0.1, 0.15) is 24.2 Å². The number of nitrogens with one attached hydrogen (secondary N) is 1. The first-order valence-corrected chi connectivity index (χ1v) is 5.81. The van der Waals surface area contributed by atoms with Crippen LogP contribution in [0, 0.1) is 12.3 Å². The third-order valence-corrected chi connectivity index (χ3v) is 2.80. The van der Waals surface area contributed by atoms with Gasteiger partial charge >= 0.3 is 5.97 Å². The van der Waals surface area contributed by atoms with Crippen LogP contribution in [0.25, 0.3) is 10.9 Å². The predicted molar refractivity (Wildman–Crippen MR) is 75.2 cm³/mol. The van der Waals surface area contributed by atoms with E-state index in [1.54, 1.807) is 0 Å². The first kappa shape index (κ1) is 12.9. The summed E-state index contributed by atoms with van der Waals surface area (Å²) in [4.78, 5) is 15.5. The molecule has 19 heavy (non-hydrogen) atoms. The van der Waals surface area contributed by atoms with Crippen molar-refractivity contribution in [2.75, 3.05) is 5.32 Å². The van der Waals surface area contributed by atoms with E-state index in [0.717, 1.165) is 10.9 Å². The molecule has 0 spiro atoms. The van der Waals surface area contributed by atoms with Gasteiger partial charge in [0.05, 0.1) is 16.7 Å². The SMILES string of the molecule is C#CC(C)(C)Nc1c(C(=O)O)cnc2ccccc12. The Hall–Kier alpha value is -2.54. The molecular weight excluding hydrogens is 240 g/mol. The molecule has 1 aromatic carbocycles. The minimum absolute atomic E-state index is 0.113. The number of rotatable bonds is 3. The average molecular weight is 254 g/mol. The highest BCUT2D eigenvalue weighted by Gasteiger charge is 2.20. The summed E-state index contributed by atoms with van der Waals surface area (Å²) in [5.41, 5.74) is 0.694. The fraction of sp³-hybridized carbons (Fsp3) is 0.200. The maximum Gasteiger partial charge on any atom is 0.339 e. The lowest BCUT2D eigenvalue weighted by atomic mass is 10.0. The van der Waals surface area contributed by atoms with E-state index < -0.39 is 11.5 Å². The van der Waals surface area contributed by atoms with Gasteiger partial charge in [0.15, 0.2) is 0 Å². The van der Waals surface area contributed by atoms with Crippen LogP contribution in [-0.2, 0) is 0 Å². The molecule has 0 bridgehead atoms. The Balaban J connectivity index is 2.70. The molecule has 2 aromatic rings. The van der Waals surface area contributed by atoms with Crippen molar-refractivity contribution in [1.29, 1.82) is 0 Å². The largest absolute Gasteiger partial charge is 0.478 e. The molecule has 1 heterocycles. The molecule has 2 rings (SSSR count). The highest BCUT2D eigenvalue weighted by molar-refractivity contribution is 6.04. The third-order valence-electron chi connectivity index (χ3n) is 2.80. The Bertz CT molecular complexity index is 684. The van der Waals surface area contributed by atoms with Crippen molar-refractivity contribution in [3.8, 4) is 12.3 Å². The van der Waals surface area contributed by atoms with Gasteiger partial charge in [-0.15, -0.1) is 6.42 Å². The smallest absolute Gasteiger partial charge is 0.339 e. The second-order valence-electron chi connectivity index (χ2n) is 4.76. The summed E-state index contributed by atoms with van der Waals surface area (Å²) in [6.45, 7) is 3.63. The lowest BCUT2D eigenvalue weighted by Crippen LogP contribution is -2.29. The quantitative estimate of drug-likeness (QED) is 0.827. The molecule has 2 N–H and O–H groups in total. The summed E-state index contributed by atoms with van der Waals surface area (Å²) in [5, 5.41) is 13.1. The molecule has 0 saturated carbocycles. The summed E-state index contributed by atoms with van der Waals surface area (Å²) in [5.74, 6) is 1.56. The molecule has 0 aliphatic carbocycles. The fourth-order valence-corrected chi connectivity index (χ4v) is 1.79. The van der Waals surface area contributed by atoms with E-state index in [0.29, 0.717) is 5.69 Å². The molecule has 0 aliphatic rings. The number of para-hydroxylation sites is 1. The van der Waals surface area contributed by atoms with E-state index in [9.17, 15) is 9.90 Å². The van der Waals surface area contributed by atoms with Gasteiger partial charge in [-0.2, -0.15) is 0 Å². The number of anilines is 1. The zero-order valence-electron chi connectivity index (χ0n) is 10.8. The van der Waals surface area contributed by atoms with Crippen LogP contribution in [-0.4, -0.2) is 21.6 Å². The van der Waals surface area contributed by atoms with Crippen LogP contribution < -0.4 is 5.32 Å². The van der Waals surface area contributed by atoms with Gasteiger partial charge in [0.2, 0.25) is 0 Å². The number of fused-ring (bicyclic) bond motifs is 1. The molecule has 96 valence electrons. The average Bonchev–Trinajstić information content (AvgIpc) is 2.38.